The molecule has 3 unspecified atom stereocenters. The average molecular weight is 250 g/mol. The standard InChI is InChI=1S/C16H30N2/c1-3-17-16(12-6-4-5-7-12)13-10-14-8-9-15(11-13)18(14)2/h12-17H,3-11H2,1-2H3. The Labute approximate surface area is 113 Å². The molecule has 3 fully saturated rings. The first kappa shape index (κ1) is 12.9. The van der Waals surface area contributed by atoms with Crippen LogP contribution >= 0.6 is 0 Å². The third-order valence-electron chi connectivity index (χ3n) is 5.99. The topological polar surface area (TPSA) is 15.3 Å². The van der Waals surface area contributed by atoms with E-state index in [9.17, 15) is 0 Å². The Balaban J connectivity index is 1.67. The Morgan fingerprint density at radius 1 is 1.00 bits per heavy atom. The Hall–Kier alpha value is -0.0800. The molecule has 104 valence electrons. The van der Waals surface area contributed by atoms with Crippen LogP contribution in [-0.2, 0) is 0 Å². The normalized spacial score (nSPS) is 39.3. The Kier molecular flexibility index (Phi) is 3.95. The van der Waals surface area contributed by atoms with Crippen LogP contribution in [0.25, 0.3) is 0 Å². The molecule has 3 atom stereocenters. The smallest absolute Gasteiger partial charge is 0.0125 e. The summed E-state index contributed by atoms with van der Waals surface area (Å²) in [6.45, 7) is 3.44. The maximum atomic E-state index is 3.86. The third-order valence-corrected chi connectivity index (χ3v) is 5.99. The fourth-order valence-corrected chi connectivity index (χ4v) is 5.02. The molecule has 0 aromatic rings. The minimum absolute atomic E-state index is 0.828. The largest absolute Gasteiger partial charge is 0.314 e. The monoisotopic (exact) mass is 250 g/mol. The summed E-state index contributed by atoms with van der Waals surface area (Å²) in [6.07, 6.45) is 11.8. The number of nitrogens with zero attached hydrogens (tertiary/aromatic N) is 1. The second kappa shape index (κ2) is 5.50. The predicted octanol–water partition coefficient (Wildman–Crippen LogP) is 3.03. The van der Waals surface area contributed by atoms with Crippen LogP contribution in [0.4, 0.5) is 0 Å². The molecule has 0 aromatic carbocycles. The Morgan fingerprint density at radius 2 is 1.61 bits per heavy atom. The van der Waals surface area contributed by atoms with Gasteiger partial charge in [0.05, 0.1) is 0 Å². The van der Waals surface area contributed by atoms with E-state index in [2.05, 4.69) is 24.2 Å². The van der Waals surface area contributed by atoms with E-state index in [1.807, 2.05) is 0 Å². The first-order valence-corrected chi connectivity index (χ1v) is 8.25. The van der Waals surface area contributed by atoms with Crippen molar-refractivity contribution in [3.05, 3.63) is 0 Å². The van der Waals surface area contributed by atoms with Crippen molar-refractivity contribution in [1.29, 1.82) is 0 Å². The second-order valence-corrected chi connectivity index (χ2v) is 6.91. The maximum absolute atomic E-state index is 3.86. The van der Waals surface area contributed by atoms with Crippen molar-refractivity contribution < 1.29 is 0 Å². The van der Waals surface area contributed by atoms with E-state index in [1.54, 1.807) is 0 Å². The third kappa shape index (κ3) is 2.34. The lowest BCUT2D eigenvalue weighted by atomic mass is 9.78. The number of nitrogens with one attached hydrogen (secondary N) is 1. The summed E-state index contributed by atoms with van der Waals surface area (Å²) < 4.78 is 0. The highest BCUT2D eigenvalue weighted by molar-refractivity contribution is 4.98. The van der Waals surface area contributed by atoms with Crippen molar-refractivity contribution in [3.63, 3.8) is 0 Å². The van der Waals surface area contributed by atoms with E-state index in [4.69, 9.17) is 0 Å². The van der Waals surface area contributed by atoms with Crippen LogP contribution in [0.2, 0.25) is 0 Å². The molecular weight excluding hydrogens is 220 g/mol. The van der Waals surface area contributed by atoms with Crippen molar-refractivity contribution in [1.82, 2.24) is 10.2 Å². The first-order valence-electron chi connectivity index (χ1n) is 8.25. The Morgan fingerprint density at radius 3 is 2.17 bits per heavy atom. The zero-order valence-corrected chi connectivity index (χ0v) is 12.2. The van der Waals surface area contributed by atoms with Gasteiger partial charge in [0, 0.05) is 18.1 Å². The highest BCUT2D eigenvalue weighted by Crippen LogP contribution is 2.42. The molecule has 1 aliphatic carbocycles. The summed E-state index contributed by atoms with van der Waals surface area (Å²) in [4.78, 5) is 2.67. The van der Waals surface area contributed by atoms with E-state index >= 15 is 0 Å². The molecule has 18 heavy (non-hydrogen) atoms. The SMILES string of the molecule is CCNC(C1CCCC1)C1CC2CCC(C1)N2C. The average Bonchev–Trinajstić information content (AvgIpc) is 2.94. The van der Waals surface area contributed by atoms with Gasteiger partial charge in [0.2, 0.25) is 0 Å². The van der Waals surface area contributed by atoms with Gasteiger partial charge in [-0.15, -0.1) is 0 Å². The summed E-state index contributed by atoms with van der Waals surface area (Å²) >= 11 is 0. The van der Waals surface area contributed by atoms with E-state index in [0.717, 1.165) is 36.5 Å². The fourth-order valence-electron chi connectivity index (χ4n) is 5.02. The van der Waals surface area contributed by atoms with Crippen LogP contribution in [0.15, 0.2) is 0 Å². The minimum Gasteiger partial charge on any atom is -0.314 e. The van der Waals surface area contributed by atoms with Gasteiger partial charge in [0.15, 0.2) is 0 Å². The van der Waals surface area contributed by atoms with Crippen molar-refractivity contribution in [2.24, 2.45) is 11.8 Å². The molecule has 1 N–H and O–H groups in total. The fraction of sp³-hybridized carbons (Fsp3) is 1.00. The Bertz CT molecular complexity index is 258. The van der Waals surface area contributed by atoms with E-state index in [-0.39, 0.29) is 0 Å². The highest BCUT2D eigenvalue weighted by atomic mass is 15.2. The molecule has 1 saturated carbocycles. The first-order chi connectivity index (χ1) is 8.79. The number of fused-ring (bicyclic) bond motifs is 2. The van der Waals surface area contributed by atoms with Gasteiger partial charge >= 0.3 is 0 Å². The predicted molar refractivity (Wildman–Crippen MR) is 76.7 cm³/mol. The second-order valence-electron chi connectivity index (χ2n) is 6.91. The number of piperidine rings is 1. The van der Waals surface area contributed by atoms with Gasteiger partial charge in [-0.1, -0.05) is 19.8 Å². The molecule has 3 aliphatic rings. The van der Waals surface area contributed by atoms with Gasteiger partial charge in [-0.3, -0.25) is 0 Å². The lowest BCUT2D eigenvalue weighted by Gasteiger charge is -2.42. The van der Waals surface area contributed by atoms with Crippen molar-refractivity contribution >= 4 is 0 Å². The quantitative estimate of drug-likeness (QED) is 0.825. The van der Waals surface area contributed by atoms with Crippen molar-refractivity contribution in [2.75, 3.05) is 13.6 Å². The number of hydrogen-bond donors (Lipinski definition) is 1. The molecule has 2 nitrogen and oxygen atoms in total. The molecule has 2 saturated heterocycles. The summed E-state index contributed by atoms with van der Waals surface area (Å²) in [5, 5.41) is 3.86. The molecule has 2 aliphatic heterocycles. The van der Waals surface area contributed by atoms with Crippen molar-refractivity contribution in [2.45, 2.75) is 76.4 Å². The van der Waals surface area contributed by atoms with E-state index in [0.29, 0.717) is 0 Å². The molecule has 2 heteroatoms. The zero-order chi connectivity index (χ0) is 12.5. The van der Waals surface area contributed by atoms with Crippen LogP contribution in [-0.4, -0.2) is 36.6 Å². The van der Waals surface area contributed by atoms with Gasteiger partial charge < -0.3 is 10.2 Å². The molecule has 3 rings (SSSR count). The van der Waals surface area contributed by atoms with Gasteiger partial charge in [-0.05, 0) is 64.0 Å². The van der Waals surface area contributed by atoms with Gasteiger partial charge in [-0.2, -0.15) is 0 Å². The van der Waals surface area contributed by atoms with Crippen molar-refractivity contribution in [3.8, 4) is 0 Å². The van der Waals surface area contributed by atoms with Crippen LogP contribution in [0.5, 0.6) is 0 Å². The van der Waals surface area contributed by atoms with Gasteiger partial charge in [-0.25, -0.2) is 0 Å². The molecule has 2 heterocycles. The maximum Gasteiger partial charge on any atom is 0.0125 e. The van der Waals surface area contributed by atoms with E-state index in [1.165, 1.54) is 51.4 Å². The lowest BCUT2D eigenvalue weighted by molar-refractivity contribution is 0.0963. The number of rotatable bonds is 4. The molecule has 0 amide bonds. The summed E-state index contributed by atoms with van der Waals surface area (Å²) in [6, 6.07) is 2.63. The summed E-state index contributed by atoms with van der Waals surface area (Å²) in [5.41, 5.74) is 0. The molecule has 0 radical (unpaired) electrons. The lowest BCUT2D eigenvalue weighted by Crippen LogP contribution is -2.49. The van der Waals surface area contributed by atoms with Gasteiger partial charge in [0.25, 0.3) is 0 Å². The zero-order valence-electron chi connectivity index (χ0n) is 12.2. The summed E-state index contributed by atoms with van der Waals surface area (Å²) in [5.74, 6) is 1.94. The molecule has 0 aromatic heterocycles. The molecule has 2 bridgehead atoms. The van der Waals surface area contributed by atoms with Crippen LogP contribution in [0, 0.1) is 11.8 Å². The van der Waals surface area contributed by atoms with Gasteiger partial charge in [0.1, 0.15) is 0 Å². The minimum atomic E-state index is 0.828. The molecular formula is C16H30N2. The van der Waals surface area contributed by atoms with Crippen LogP contribution in [0.3, 0.4) is 0 Å². The summed E-state index contributed by atoms with van der Waals surface area (Å²) in [7, 11) is 2.36. The van der Waals surface area contributed by atoms with E-state index < -0.39 is 0 Å². The van der Waals surface area contributed by atoms with Crippen LogP contribution in [0.1, 0.15) is 58.3 Å². The highest BCUT2D eigenvalue weighted by Gasteiger charge is 2.42. The number of hydrogen-bond acceptors (Lipinski definition) is 2. The molecule has 0 spiro atoms. The van der Waals surface area contributed by atoms with Crippen LogP contribution < -0.4 is 5.32 Å².